The number of rotatable bonds is 6. The van der Waals surface area contributed by atoms with Crippen LogP contribution in [0.1, 0.15) is 30.1 Å². The summed E-state index contributed by atoms with van der Waals surface area (Å²) in [5.74, 6) is 0.199. The zero-order valence-corrected chi connectivity index (χ0v) is 13.4. The van der Waals surface area contributed by atoms with Gasteiger partial charge in [0.25, 0.3) is 5.91 Å². The zero-order valence-electron chi connectivity index (χ0n) is 13.4. The molecule has 1 unspecified atom stereocenters. The van der Waals surface area contributed by atoms with Crippen molar-refractivity contribution in [1.29, 1.82) is 0 Å². The van der Waals surface area contributed by atoms with Crippen LogP contribution in [-0.2, 0) is 0 Å². The molecule has 0 radical (unpaired) electrons. The molecule has 1 saturated heterocycles. The van der Waals surface area contributed by atoms with E-state index in [2.05, 4.69) is 17.1 Å². The average molecular weight is 308 g/mol. The molecule has 1 fully saturated rings. The minimum absolute atomic E-state index is 0.114. The quantitative estimate of drug-likeness (QED) is 0.836. The minimum atomic E-state index is -0.351. The second kappa shape index (κ2) is 7.35. The summed E-state index contributed by atoms with van der Waals surface area (Å²) in [6.07, 6.45) is 2.23. The lowest BCUT2D eigenvalue weighted by Gasteiger charge is -2.23. The summed E-state index contributed by atoms with van der Waals surface area (Å²) in [6, 6.07) is 3.36. The molecular weight excluding hydrogens is 284 g/mol. The summed E-state index contributed by atoms with van der Waals surface area (Å²) in [4.78, 5) is 14.8. The van der Waals surface area contributed by atoms with Crippen molar-refractivity contribution in [3.05, 3.63) is 17.7 Å². The molecule has 1 aromatic carbocycles. The van der Waals surface area contributed by atoms with Gasteiger partial charge in [-0.2, -0.15) is 0 Å². The Hall–Kier alpha value is -1.95. The van der Waals surface area contributed by atoms with Crippen LogP contribution in [0.3, 0.4) is 0 Å². The lowest BCUT2D eigenvalue weighted by molar-refractivity contribution is 0.0934. The number of phenolic OH excluding ortho intramolecular Hbond substituents is 1. The van der Waals surface area contributed by atoms with Crippen molar-refractivity contribution in [1.82, 2.24) is 10.2 Å². The summed E-state index contributed by atoms with van der Waals surface area (Å²) < 4.78 is 10.4. The Morgan fingerprint density at radius 1 is 1.41 bits per heavy atom. The number of ether oxygens (including phenoxy) is 2. The number of methoxy groups -OCH3 is 2. The van der Waals surface area contributed by atoms with Gasteiger partial charge < -0.3 is 19.9 Å². The first-order valence-corrected chi connectivity index (χ1v) is 7.58. The highest BCUT2D eigenvalue weighted by Crippen LogP contribution is 2.36. The number of benzene rings is 1. The third-order valence-corrected chi connectivity index (χ3v) is 4.15. The lowest BCUT2D eigenvalue weighted by atomic mass is 10.1. The molecule has 2 rings (SSSR count). The monoisotopic (exact) mass is 308 g/mol. The van der Waals surface area contributed by atoms with Crippen LogP contribution < -0.4 is 14.8 Å². The molecule has 1 aromatic rings. The summed E-state index contributed by atoms with van der Waals surface area (Å²) in [7, 11) is 2.94. The highest BCUT2D eigenvalue weighted by atomic mass is 16.5. The number of nitrogens with one attached hydrogen (secondary N) is 1. The standard InChI is InChI=1S/C16H24N2O4/c1-4-18-9-5-6-11(18)10-17-16(20)14-12(19)7-8-13(21-2)15(14)22-3/h7-8,11,19H,4-6,9-10H2,1-3H3,(H,17,20). The average Bonchev–Trinajstić information content (AvgIpc) is 2.99. The number of hydrogen-bond acceptors (Lipinski definition) is 5. The molecule has 1 aliphatic rings. The van der Waals surface area contributed by atoms with Gasteiger partial charge in [0, 0.05) is 12.6 Å². The predicted octanol–water partition coefficient (Wildman–Crippen LogP) is 1.62. The van der Waals surface area contributed by atoms with E-state index in [1.54, 1.807) is 6.07 Å². The molecule has 0 spiro atoms. The van der Waals surface area contributed by atoms with Crippen molar-refractivity contribution in [2.45, 2.75) is 25.8 Å². The molecule has 2 N–H and O–H groups in total. The van der Waals surface area contributed by atoms with Gasteiger partial charge in [0.1, 0.15) is 11.3 Å². The highest BCUT2D eigenvalue weighted by Gasteiger charge is 2.26. The van der Waals surface area contributed by atoms with E-state index >= 15 is 0 Å². The van der Waals surface area contributed by atoms with Crippen LogP contribution in [0.4, 0.5) is 0 Å². The second-order valence-corrected chi connectivity index (χ2v) is 5.33. The van der Waals surface area contributed by atoms with Crippen molar-refractivity contribution in [2.24, 2.45) is 0 Å². The summed E-state index contributed by atoms with van der Waals surface area (Å²) in [5.41, 5.74) is 0.114. The maximum Gasteiger partial charge on any atom is 0.259 e. The Morgan fingerprint density at radius 3 is 2.82 bits per heavy atom. The largest absolute Gasteiger partial charge is 0.507 e. The van der Waals surface area contributed by atoms with Crippen molar-refractivity contribution in [3.63, 3.8) is 0 Å². The van der Waals surface area contributed by atoms with E-state index in [0.717, 1.165) is 25.9 Å². The normalized spacial score (nSPS) is 18.2. The topological polar surface area (TPSA) is 71.0 Å². The molecule has 22 heavy (non-hydrogen) atoms. The van der Waals surface area contributed by atoms with Crippen molar-refractivity contribution < 1.29 is 19.4 Å². The summed E-state index contributed by atoms with van der Waals surface area (Å²) in [6.45, 7) is 4.74. The fourth-order valence-electron chi connectivity index (χ4n) is 2.98. The van der Waals surface area contributed by atoms with Gasteiger partial charge in [0.05, 0.1) is 14.2 Å². The van der Waals surface area contributed by atoms with E-state index in [1.165, 1.54) is 20.3 Å². The van der Waals surface area contributed by atoms with Gasteiger partial charge in [0.2, 0.25) is 0 Å². The molecule has 1 aliphatic heterocycles. The van der Waals surface area contributed by atoms with Crippen LogP contribution in [0.25, 0.3) is 0 Å². The number of likely N-dealkylation sites (N-methyl/N-ethyl adjacent to an activating group) is 1. The number of phenols is 1. The molecule has 0 bridgehead atoms. The van der Waals surface area contributed by atoms with Gasteiger partial charge in [-0.1, -0.05) is 6.92 Å². The SMILES string of the molecule is CCN1CCCC1CNC(=O)c1c(O)ccc(OC)c1OC. The first-order chi connectivity index (χ1) is 10.6. The molecule has 1 heterocycles. The number of amides is 1. The van der Waals surface area contributed by atoms with Gasteiger partial charge in [-0.05, 0) is 38.1 Å². The number of nitrogens with zero attached hydrogens (tertiary/aromatic N) is 1. The minimum Gasteiger partial charge on any atom is -0.507 e. The Labute approximate surface area is 131 Å². The fraction of sp³-hybridized carbons (Fsp3) is 0.562. The van der Waals surface area contributed by atoms with E-state index < -0.39 is 0 Å². The predicted molar refractivity (Wildman–Crippen MR) is 83.8 cm³/mol. The number of carbonyl (C=O) groups is 1. The van der Waals surface area contributed by atoms with Gasteiger partial charge in [-0.3, -0.25) is 9.69 Å². The van der Waals surface area contributed by atoms with Gasteiger partial charge in [-0.25, -0.2) is 0 Å². The van der Waals surface area contributed by atoms with Crippen LogP contribution in [0.15, 0.2) is 12.1 Å². The van der Waals surface area contributed by atoms with Crippen LogP contribution in [-0.4, -0.2) is 55.8 Å². The van der Waals surface area contributed by atoms with Crippen LogP contribution >= 0.6 is 0 Å². The van der Waals surface area contributed by atoms with Gasteiger partial charge in [0.15, 0.2) is 11.5 Å². The van der Waals surface area contributed by atoms with E-state index in [1.807, 2.05) is 0 Å². The molecular formula is C16H24N2O4. The van der Waals surface area contributed by atoms with E-state index in [0.29, 0.717) is 18.3 Å². The molecule has 6 nitrogen and oxygen atoms in total. The first kappa shape index (κ1) is 16.4. The first-order valence-electron chi connectivity index (χ1n) is 7.58. The molecule has 6 heteroatoms. The third-order valence-electron chi connectivity index (χ3n) is 4.15. The summed E-state index contributed by atoms with van der Waals surface area (Å²) >= 11 is 0. The van der Waals surface area contributed by atoms with Crippen LogP contribution in [0, 0.1) is 0 Å². The Kier molecular flexibility index (Phi) is 5.49. The lowest BCUT2D eigenvalue weighted by Crippen LogP contribution is -2.40. The molecule has 0 aromatic heterocycles. The van der Waals surface area contributed by atoms with Crippen molar-refractivity contribution >= 4 is 5.91 Å². The maximum atomic E-state index is 12.4. The van der Waals surface area contributed by atoms with Crippen molar-refractivity contribution in [3.8, 4) is 17.2 Å². The van der Waals surface area contributed by atoms with E-state index in [9.17, 15) is 9.90 Å². The maximum absolute atomic E-state index is 12.4. The van der Waals surface area contributed by atoms with Crippen LogP contribution in [0.2, 0.25) is 0 Å². The molecule has 1 atom stereocenters. The van der Waals surface area contributed by atoms with Crippen LogP contribution in [0.5, 0.6) is 17.2 Å². The number of likely N-dealkylation sites (tertiary alicyclic amines) is 1. The fourth-order valence-corrected chi connectivity index (χ4v) is 2.98. The van der Waals surface area contributed by atoms with Gasteiger partial charge >= 0.3 is 0 Å². The van der Waals surface area contributed by atoms with E-state index in [4.69, 9.17) is 9.47 Å². The summed E-state index contributed by atoms with van der Waals surface area (Å²) in [5, 5.41) is 12.9. The zero-order chi connectivity index (χ0) is 16.1. The van der Waals surface area contributed by atoms with E-state index in [-0.39, 0.29) is 23.0 Å². The smallest absolute Gasteiger partial charge is 0.259 e. The Morgan fingerprint density at radius 2 is 2.18 bits per heavy atom. The molecule has 0 aliphatic carbocycles. The third kappa shape index (κ3) is 3.27. The van der Waals surface area contributed by atoms with Crippen molar-refractivity contribution in [2.75, 3.05) is 33.9 Å². The second-order valence-electron chi connectivity index (χ2n) is 5.33. The highest BCUT2D eigenvalue weighted by molar-refractivity contribution is 6.00. The number of hydrogen-bond donors (Lipinski definition) is 2. The molecule has 1 amide bonds. The molecule has 0 saturated carbocycles. The Bertz CT molecular complexity index is 533. The Balaban J connectivity index is 2.12. The molecule has 122 valence electrons. The number of aromatic hydroxyl groups is 1. The number of carbonyl (C=O) groups excluding carboxylic acids is 1. The van der Waals surface area contributed by atoms with Gasteiger partial charge in [-0.15, -0.1) is 0 Å².